The van der Waals surface area contributed by atoms with Gasteiger partial charge in [0.1, 0.15) is 76.2 Å². The molecule has 8 aromatic rings. The maximum Gasteiger partial charge on any atom is 1.00 e. The first-order chi connectivity index (χ1) is 48.9. The molecule has 8 aromatic carbocycles. The number of rotatable bonds is 26. The van der Waals surface area contributed by atoms with E-state index in [1.165, 1.54) is 21.9 Å². The summed E-state index contributed by atoms with van der Waals surface area (Å²) in [5.41, 5.74) is 4.37. The van der Waals surface area contributed by atoms with Crippen LogP contribution in [0.1, 0.15) is 27.7 Å². The third-order valence-electron chi connectivity index (χ3n) is 16.9. The summed E-state index contributed by atoms with van der Waals surface area (Å²) in [5.74, 6) is 3.88. The third-order valence-corrected chi connectivity index (χ3v) is 24.4. The van der Waals surface area contributed by atoms with Gasteiger partial charge in [0, 0.05) is 125 Å². The van der Waals surface area contributed by atoms with Gasteiger partial charge in [-0.15, -0.1) is 35.3 Å². The maximum atomic E-state index is 12.7. The first-order valence-electron chi connectivity index (χ1n) is 32.4. The number of hydrogen-bond acceptors (Lipinski definition) is 20. The summed E-state index contributed by atoms with van der Waals surface area (Å²) in [6.07, 6.45) is 0. The fraction of sp³-hybridized carbons (Fsp3) is 0.184. The van der Waals surface area contributed by atoms with Crippen molar-refractivity contribution in [1.29, 1.82) is 0 Å². The number of benzene rings is 10. The first-order valence-corrected chi connectivity index (χ1v) is 42.0. The molecule has 0 unspecified atom stereocenters. The van der Waals surface area contributed by atoms with Crippen LogP contribution in [0.25, 0.3) is 66.8 Å². The van der Waals surface area contributed by atoms with Crippen molar-refractivity contribution in [3.63, 3.8) is 0 Å². The molecule has 528 valence electrons. The summed E-state index contributed by atoms with van der Waals surface area (Å²) in [6.45, 7) is 12.6. The zero-order valence-corrected chi connectivity index (χ0v) is 70.6. The quantitative estimate of drug-likeness (QED) is 0.0123. The van der Waals surface area contributed by atoms with Gasteiger partial charge in [0.05, 0.1) is 43.3 Å². The van der Waals surface area contributed by atoms with E-state index in [2.05, 4.69) is 70.9 Å². The molecule has 0 radical (unpaired) electrons. The zero-order chi connectivity index (χ0) is 72.3. The van der Waals surface area contributed by atoms with Gasteiger partial charge in [0.25, 0.3) is 0 Å². The first kappa shape index (κ1) is 83.1. The molecule has 0 spiro atoms. The third kappa shape index (κ3) is 20.9. The molecule has 18 nitrogen and oxygen atoms in total. The largest absolute Gasteiger partial charge is 1.00 e. The van der Waals surface area contributed by atoms with E-state index in [0.29, 0.717) is 92.7 Å². The van der Waals surface area contributed by atoms with Crippen LogP contribution in [0.15, 0.2) is 279 Å². The van der Waals surface area contributed by atoms with Crippen molar-refractivity contribution in [1.82, 2.24) is 9.15 Å². The van der Waals surface area contributed by atoms with E-state index >= 15 is 0 Å². The molecule has 0 saturated carbocycles. The van der Waals surface area contributed by atoms with Crippen molar-refractivity contribution >= 4 is 121 Å². The van der Waals surface area contributed by atoms with E-state index in [4.69, 9.17) is 8.83 Å². The van der Waals surface area contributed by atoms with Crippen molar-refractivity contribution in [3.05, 3.63) is 241 Å². The summed E-state index contributed by atoms with van der Waals surface area (Å²) in [4.78, 5) is 5.78. The normalized spacial score (nSPS) is 12.5. The van der Waals surface area contributed by atoms with Gasteiger partial charge in [-0.05, 0) is 137 Å². The summed E-state index contributed by atoms with van der Waals surface area (Å²) in [5, 5.41) is 2.79. The Kier molecular flexibility index (Phi) is 29.9. The Labute approximate surface area is 709 Å². The standard InChI is InChI=1S/C39H38N2O7S4.C37H34N2O7S4.2K/c1-3-40(21-23-49-30-11-7-5-8-12-30)28-15-18-33-36(25-28)48-37-26-29(41(4-2)22-24-50-31-13-9-6-10-14-31)16-19-34(37)39(33)35-20-17-32(51(42,43)44)27-38(35)52(45,46)47;1-3-38(24-47-28-11-7-5-8-12-28)26-15-18-31-34(21-26)46-35-22-27(39(4-2)25-48-29-13-9-6-10-14-29)16-19-32(35)37(31)33-20-17-30(49(40,41)42)23-36(33)50(43,44)45;;/h5-20,25-27H,3-4,21-24H2,1-2H3,(H-,42,43,44,45,46,47);5-23H,3-4,24-25H2,1-2H3,(H-,40,41,42,43,44,45);;/q;;2*+1/p-2. The Hall–Kier alpha value is -4.95. The van der Waals surface area contributed by atoms with Crippen LogP contribution < -0.4 is 132 Å². The Morgan fingerprint density at radius 2 is 0.769 bits per heavy atom. The van der Waals surface area contributed by atoms with Gasteiger partial charge in [-0.25, -0.2) is 42.8 Å². The molecule has 0 bridgehead atoms. The molecule has 0 fully saturated rings. The smallest absolute Gasteiger partial charge is 0.744 e. The molecule has 0 N–H and O–H groups in total. The predicted molar refractivity (Wildman–Crippen MR) is 404 cm³/mol. The SMILES string of the molecule is CCN(CCSc1ccccc1)c1ccc2c(-c3ccc(S(=O)(=O)[O-])cc3S(=O)(=O)[O-])c3ccc(=[N+](CC)CCSc4ccccc4)cc-3oc2c1.CCN(CSc1ccccc1)c1ccc2c(-c3ccc(S(=O)(=O)[O-])cc3S(=O)(=O)[O-])c3cc/c(=[N+](\CC)CSc4ccccc4)cc-3oc2c1.[K+].[K+]. The molecule has 0 aromatic heterocycles. The Bertz CT molecular complexity index is 5570. The van der Waals surface area contributed by atoms with E-state index in [1.54, 1.807) is 59.2 Å². The molecule has 28 heteroatoms. The van der Waals surface area contributed by atoms with E-state index in [0.717, 1.165) is 81.7 Å². The van der Waals surface area contributed by atoms with E-state index in [1.807, 2.05) is 158 Å². The van der Waals surface area contributed by atoms with Gasteiger partial charge in [-0.1, -0.05) is 96.7 Å². The van der Waals surface area contributed by atoms with Crippen LogP contribution >= 0.6 is 47.0 Å². The van der Waals surface area contributed by atoms with Crippen LogP contribution in [0.2, 0.25) is 0 Å². The fourth-order valence-electron chi connectivity index (χ4n) is 11.8. The molecule has 2 heterocycles. The average molecular weight is 1600 g/mol. The van der Waals surface area contributed by atoms with Crippen molar-refractivity contribution in [2.75, 3.05) is 72.3 Å². The topological polar surface area (TPSA) is 268 Å². The Balaban J connectivity index is 0.000000237. The number of fused-ring (bicyclic) bond motifs is 4. The Morgan fingerprint density at radius 3 is 1.17 bits per heavy atom. The van der Waals surface area contributed by atoms with Crippen LogP contribution in [0.4, 0.5) is 11.4 Å². The number of nitrogens with zero attached hydrogens (tertiary/aromatic N) is 4. The summed E-state index contributed by atoms with van der Waals surface area (Å²) in [6, 6.07) is 68.7. The van der Waals surface area contributed by atoms with Crippen LogP contribution in [0.3, 0.4) is 0 Å². The molecule has 2 aliphatic carbocycles. The van der Waals surface area contributed by atoms with Crippen LogP contribution in [0.5, 0.6) is 0 Å². The van der Waals surface area contributed by atoms with Gasteiger partial charge >= 0.3 is 103 Å². The molecule has 12 rings (SSSR count). The second-order valence-electron chi connectivity index (χ2n) is 23.2. The average Bonchev–Trinajstić information content (AvgIpc) is 0.744. The molecular formula is C76H70K2N4O14S8. The number of thioether (sulfide) groups is 4. The molecule has 0 atom stereocenters. The zero-order valence-electron chi connectivity index (χ0n) is 57.8. The van der Waals surface area contributed by atoms with E-state index in [9.17, 15) is 51.9 Å². The molecule has 104 heavy (non-hydrogen) atoms. The maximum absolute atomic E-state index is 12.7. The van der Waals surface area contributed by atoms with Crippen LogP contribution in [0, 0.1) is 0 Å². The van der Waals surface area contributed by atoms with Crippen LogP contribution in [-0.2, 0) is 40.5 Å². The van der Waals surface area contributed by atoms with Crippen molar-refractivity contribution in [2.24, 2.45) is 0 Å². The van der Waals surface area contributed by atoms with Gasteiger partial charge < -0.3 is 36.8 Å². The van der Waals surface area contributed by atoms with E-state index < -0.39 is 60.1 Å². The van der Waals surface area contributed by atoms with Gasteiger partial charge in [0.2, 0.25) is 10.7 Å². The summed E-state index contributed by atoms with van der Waals surface area (Å²) in [7, 11) is -20.5. The van der Waals surface area contributed by atoms with Crippen molar-refractivity contribution in [3.8, 4) is 44.9 Å². The predicted octanol–water partition coefficient (Wildman–Crippen LogP) is 8.35. The minimum absolute atomic E-state index is 0. The fourth-order valence-corrected chi connectivity index (χ4v) is 18.1. The van der Waals surface area contributed by atoms with Gasteiger partial charge in [0.15, 0.2) is 12.4 Å². The van der Waals surface area contributed by atoms with Gasteiger partial charge in [-0.2, -0.15) is 0 Å². The second-order valence-corrected chi connectivity index (χ2v) is 33.0. The summed E-state index contributed by atoms with van der Waals surface area (Å²) >= 11 is 6.89. The molecular weight excluding hydrogens is 1530 g/mol. The number of hydrogen-bond donors (Lipinski definition) is 0. The molecule has 0 amide bonds. The van der Waals surface area contributed by atoms with Gasteiger partial charge in [-0.3, -0.25) is 0 Å². The van der Waals surface area contributed by atoms with Crippen molar-refractivity contribution < 1.29 is 163 Å². The molecule has 0 saturated heterocycles. The monoisotopic (exact) mass is 1600 g/mol. The minimum Gasteiger partial charge on any atom is -0.744 e. The molecule has 2 aliphatic heterocycles. The van der Waals surface area contributed by atoms with E-state index in [-0.39, 0.29) is 114 Å². The molecule has 4 aliphatic rings. The van der Waals surface area contributed by atoms with Crippen LogP contribution in [-0.4, -0.2) is 114 Å². The Morgan fingerprint density at radius 1 is 0.385 bits per heavy atom. The summed E-state index contributed by atoms with van der Waals surface area (Å²) < 4.78 is 165. The number of anilines is 2. The second kappa shape index (κ2) is 37.4. The minimum atomic E-state index is -5.23. The van der Waals surface area contributed by atoms with Crippen molar-refractivity contribution in [2.45, 2.75) is 66.9 Å².